The minimum absolute atomic E-state index is 0.0780. The van der Waals surface area contributed by atoms with E-state index in [0.717, 1.165) is 11.1 Å². The number of nitrogen functional groups attached to an aromatic ring is 1. The molecule has 0 saturated heterocycles. The number of nitrogens with one attached hydrogen (secondary N) is 1. The molecule has 0 aliphatic heterocycles. The van der Waals surface area contributed by atoms with Crippen LogP contribution in [0.2, 0.25) is 5.02 Å². The van der Waals surface area contributed by atoms with Crippen LogP contribution in [-0.4, -0.2) is 32.0 Å². The van der Waals surface area contributed by atoms with Crippen molar-refractivity contribution in [3.05, 3.63) is 71.4 Å². The van der Waals surface area contributed by atoms with Crippen molar-refractivity contribution in [2.75, 3.05) is 5.73 Å². The number of hydrogen-bond acceptors (Lipinski definition) is 8. The maximum Gasteiger partial charge on any atom is 0.260 e. The quantitative estimate of drug-likeness (QED) is 0.290. The number of carbonyl (C=O) groups excluding carboxylic acids is 1. The van der Waals surface area contributed by atoms with E-state index in [-0.39, 0.29) is 24.0 Å². The fraction of sp³-hybridized carbons (Fsp3) is 0.0455. The Balaban J connectivity index is 1.32. The van der Waals surface area contributed by atoms with Gasteiger partial charge in [0.25, 0.3) is 5.91 Å². The summed E-state index contributed by atoms with van der Waals surface area (Å²) in [6, 6.07) is 18.2. The van der Waals surface area contributed by atoms with Crippen LogP contribution in [0.4, 0.5) is 5.82 Å². The Morgan fingerprint density at radius 1 is 1.15 bits per heavy atom. The first-order valence-corrected chi connectivity index (χ1v) is 10.2. The van der Waals surface area contributed by atoms with E-state index in [2.05, 4.69) is 30.5 Å². The molecule has 3 heterocycles. The first-order valence-electron chi connectivity index (χ1n) is 9.80. The van der Waals surface area contributed by atoms with Crippen LogP contribution in [0.3, 0.4) is 0 Å². The molecule has 0 aliphatic rings. The molecule has 11 heteroatoms. The molecule has 2 aromatic carbocycles. The number of nitrogens with two attached hydrogens (primary N) is 1. The summed E-state index contributed by atoms with van der Waals surface area (Å²) in [4.78, 5) is 17.1. The molecular weight excluding hydrogens is 446 g/mol. The smallest absolute Gasteiger partial charge is 0.260 e. The highest BCUT2D eigenvalue weighted by molar-refractivity contribution is 6.30. The molecule has 0 bridgehead atoms. The molecule has 0 spiro atoms. The summed E-state index contributed by atoms with van der Waals surface area (Å²) in [6.07, 6.45) is 1.42. The van der Waals surface area contributed by atoms with Crippen molar-refractivity contribution in [2.45, 2.75) is 6.54 Å². The van der Waals surface area contributed by atoms with Crippen molar-refractivity contribution in [3.63, 3.8) is 0 Å². The van der Waals surface area contributed by atoms with Gasteiger partial charge in [-0.3, -0.25) is 4.79 Å². The van der Waals surface area contributed by atoms with Crippen molar-refractivity contribution >= 4 is 40.6 Å². The van der Waals surface area contributed by atoms with Crippen molar-refractivity contribution in [3.8, 4) is 22.8 Å². The van der Waals surface area contributed by atoms with Crippen LogP contribution >= 0.6 is 11.6 Å². The average molecular weight is 462 g/mol. The third-order valence-electron chi connectivity index (χ3n) is 4.80. The van der Waals surface area contributed by atoms with Crippen LogP contribution < -0.4 is 11.2 Å². The summed E-state index contributed by atoms with van der Waals surface area (Å²) in [5.74, 6) is 1.18. The molecule has 1 amide bonds. The van der Waals surface area contributed by atoms with Gasteiger partial charge < -0.3 is 14.7 Å². The molecule has 3 N–H and O–H groups in total. The lowest BCUT2D eigenvalue weighted by Crippen LogP contribution is -2.23. The lowest BCUT2D eigenvalue weighted by Gasteiger charge is -2.06. The van der Waals surface area contributed by atoms with Gasteiger partial charge >= 0.3 is 0 Å². The zero-order chi connectivity index (χ0) is 22.8. The lowest BCUT2D eigenvalue weighted by molar-refractivity contribution is -0.121. The summed E-state index contributed by atoms with van der Waals surface area (Å²) in [6.45, 7) is -0.0780. The van der Waals surface area contributed by atoms with E-state index in [1.165, 1.54) is 6.21 Å². The second-order valence-electron chi connectivity index (χ2n) is 7.01. The Hall–Kier alpha value is -4.44. The van der Waals surface area contributed by atoms with Crippen LogP contribution in [0, 0.1) is 0 Å². The van der Waals surface area contributed by atoms with Crippen LogP contribution in [0.5, 0.6) is 0 Å². The number of rotatable bonds is 6. The number of para-hydroxylation sites is 2. The summed E-state index contributed by atoms with van der Waals surface area (Å²) >= 11 is 6.03. The summed E-state index contributed by atoms with van der Waals surface area (Å²) in [7, 11) is 0. The number of anilines is 1. The fourth-order valence-corrected chi connectivity index (χ4v) is 3.52. The maximum absolute atomic E-state index is 12.6. The molecule has 0 fully saturated rings. The van der Waals surface area contributed by atoms with Gasteiger partial charge in [0.2, 0.25) is 0 Å². The number of benzene rings is 2. The second-order valence-corrected chi connectivity index (χ2v) is 7.45. The summed E-state index contributed by atoms with van der Waals surface area (Å²) < 4.78 is 12.1. The van der Waals surface area contributed by atoms with Crippen LogP contribution in [0.1, 0.15) is 5.76 Å². The third-order valence-corrected chi connectivity index (χ3v) is 5.03. The van der Waals surface area contributed by atoms with Crippen molar-refractivity contribution in [1.29, 1.82) is 0 Å². The highest BCUT2D eigenvalue weighted by Crippen LogP contribution is 2.26. The Morgan fingerprint density at radius 2 is 2.03 bits per heavy atom. The molecule has 0 atom stereocenters. The van der Waals surface area contributed by atoms with E-state index in [9.17, 15) is 4.79 Å². The second kappa shape index (κ2) is 8.60. The topological polar surface area (TPSA) is 137 Å². The zero-order valence-corrected chi connectivity index (χ0v) is 17.7. The van der Waals surface area contributed by atoms with E-state index in [4.69, 9.17) is 21.8 Å². The number of carbonyl (C=O) groups is 1. The van der Waals surface area contributed by atoms with E-state index in [1.54, 1.807) is 28.8 Å². The maximum atomic E-state index is 12.6. The Bertz CT molecular complexity index is 1480. The van der Waals surface area contributed by atoms with Gasteiger partial charge in [0.05, 0.1) is 17.2 Å². The van der Waals surface area contributed by atoms with Crippen LogP contribution in [-0.2, 0) is 11.3 Å². The number of nitrogens with zero attached hydrogens (tertiary/aromatic N) is 5. The number of hydrazone groups is 1. The first kappa shape index (κ1) is 20.5. The van der Waals surface area contributed by atoms with Crippen LogP contribution in [0.25, 0.3) is 33.9 Å². The Morgan fingerprint density at radius 3 is 2.85 bits per heavy atom. The molecule has 10 nitrogen and oxygen atoms in total. The number of furan rings is 1. The monoisotopic (exact) mass is 461 g/mol. The molecule has 164 valence electrons. The standard InChI is InChI=1S/C22H16ClN7O3/c23-14-5-3-4-13(10-14)18-9-8-15(32-18)11-25-27-19(31)12-30-17-7-2-1-6-16(17)26-22(30)20-21(24)29-33-28-20/h1-11H,12H2,(H2,24,29)(H,27,31)/b25-11-. The zero-order valence-electron chi connectivity index (χ0n) is 17.0. The van der Waals surface area contributed by atoms with Gasteiger partial charge in [-0.1, -0.05) is 35.9 Å². The van der Waals surface area contributed by atoms with E-state index in [0.29, 0.717) is 27.9 Å². The molecular formula is C22H16ClN7O3. The Labute approximate surface area is 191 Å². The van der Waals surface area contributed by atoms with Gasteiger partial charge in [0.15, 0.2) is 17.3 Å². The number of aromatic nitrogens is 4. The van der Waals surface area contributed by atoms with E-state index in [1.807, 2.05) is 36.4 Å². The molecule has 0 radical (unpaired) electrons. The molecule has 3 aromatic heterocycles. The average Bonchev–Trinajstić information content (AvgIpc) is 3.53. The normalized spacial score (nSPS) is 11.4. The number of hydrogen-bond donors (Lipinski definition) is 2. The molecule has 5 rings (SSSR count). The number of amides is 1. The van der Waals surface area contributed by atoms with Crippen molar-refractivity contribution in [1.82, 2.24) is 25.3 Å². The molecule has 0 unspecified atom stereocenters. The van der Waals surface area contributed by atoms with E-state index < -0.39 is 0 Å². The Kier molecular flexibility index (Phi) is 5.33. The molecule has 33 heavy (non-hydrogen) atoms. The summed E-state index contributed by atoms with van der Waals surface area (Å²) in [5, 5.41) is 12.0. The number of imidazole rings is 1. The van der Waals surface area contributed by atoms with Gasteiger partial charge in [0, 0.05) is 10.6 Å². The minimum Gasteiger partial charge on any atom is -0.455 e. The van der Waals surface area contributed by atoms with Crippen molar-refractivity contribution in [2.24, 2.45) is 5.10 Å². The third kappa shape index (κ3) is 4.19. The van der Waals surface area contributed by atoms with Gasteiger partial charge in [-0.25, -0.2) is 15.0 Å². The summed E-state index contributed by atoms with van der Waals surface area (Å²) in [5.41, 5.74) is 10.8. The minimum atomic E-state index is -0.382. The van der Waals surface area contributed by atoms with Gasteiger partial charge in [-0.05, 0) is 46.7 Å². The van der Waals surface area contributed by atoms with Crippen LogP contribution in [0.15, 0.2) is 74.8 Å². The number of fused-ring (bicyclic) bond motifs is 1. The fourth-order valence-electron chi connectivity index (χ4n) is 3.33. The molecule has 0 saturated carbocycles. The number of halogens is 1. The predicted octanol–water partition coefficient (Wildman–Crippen LogP) is 3.73. The first-order chi connectivity index (χ1) is 16.1. The van der Waals surface area contributed by atoms with Crippen molar-refractivity contribution < 1.29 is 13.8 Å². The molecule has 0 aliphatic carbocycles. The van der Waals surface area contributed by atoms with Gasteiger partial charge in [-0.2, -0.15) is 5.10 Å². The van der Waals surface area contributed by atoms with Gasteiger partial charge in [-0.15, -0.1) is 0 Å². The van der Waals surface area contributed by atoms with Gasteiger partial charge in [0.1, 0.15) is 18.1 Å². The largest absolute Gasteiger partial charge is 0.455 e. The highest BCUT2D eigenvalue weighted by atomic mass is 35.5. The predicted molar refractivity (Wildman–Crippen MR) is 122 cm³/mol. The highest BCUT2D eigenvalue weighted by Gasteiger charge is 2.20. The molecule has 5 aromatic rings. The van der Waals surface area contributed by atoms with E-state index >= 15 is 0 Å². The lowest BCUT2D eigenvalue weighted by atomic mass is 10.2. The SMILES string of the molecule is Nc1nonc1-c1nc2ccccc2n1CC(=O)N/N=C\c1ccc(-c2cccc(Cl)c2)o1.